The molecule has 0 aliphatic heterocycles. The van der Waals surface area contributed by atoms with Gasteiger partial charge in [0.2, 0.25) is 0 Å². The predicted octanol–water partition coefficient (Wildman–Crippen LogP) is 1.58. The van der Waals surface area contributed by atoms with E-state index in [-0.39, 0.29) is 6.42 Å². The zero-order chi connectivity index (χ0) is 12.4. The van der Waals surface area contributed by atoms with Gasteiger partial charge < -0.3 is 14.8 Å². The van der Waals surface area contributed by atoms with Gasteiger partial charge in [0.05, 0.1) is 19.1 Å². The number of fused-ring (bicyclic) bond motifs is 1. The average Bonchev–Trinajstić information content (AvgIpc) is 2.71. The van der Waals surface area contributed by atoms with Crippen LogP contribution in [0.25, 0.3) is 10.9 Å². The van der Waals surface area contributed by atoms with Crippen LogP contribution in [0.4, 0.5) is 0 Å². The summed E-state index contributed by atoms with van der Waals surface area (Å²) in [4.78, 5) is 25.3. The number of carbonyl (C=O) groups excluding carboxylic acids is 1. The number of esters is 1. The first kappa shape index (κ1) is 11.2. The van der Waals surface area contributed by atoms with Gasteiger partial charge in [-0.15, -0.1) is 0 Å². The Morgan fingerprint density at radius 1 is 1.41 bits per heavy atom. The summed E-state index contributed by atoms with van der Waals surface area (Å²) in [5.74, 6) is -1.41. The summed E-state index contributed by atoms with van der Waals surface area (Å²) in [5, 5.41) is 9.41. The van der Waals surface area contributed by atoms with Crippen LogP contribution >= 0.6 is 0 Å². The van der Waals surface area contributed by atoms with Gasteiger partial charge in [0, 0.05) is 17.1 Å². The second kappa shape index (κ2) is 4.29. The first-order chi connectivity index (χ1) is 8.13. The van der Waals surface area contributed by atoms with Crippen molar-refractivity contribution in [3.63, 3.8) is 0 Å². The fraction of sp³-hybridized carbons (Fsp3) is 0.167. The van der Waals surface area contributed by atoms with Crippen LogP contribution < -0.4 is 0 Å². The first-order valence-electron chi connectivity index (χ1n) is 5.02. The van der Waals surface area contributed by atoms with E-state index in [1.54, 1.807) is 24.4 Å². The largest absolute Gasteiger partial charge is 0.481 e. The number of ether oxygens (including phenoxy) is 1. The van der Waals surface area contributed by atoms with Gasteiger partial charge in [-0.05, 0) is 17.7 Å². The molecule has 5 nitrogen and oxygen atoms in total. The van der Waals surface area contributed by atoms with E-state index in [2.05, 4.69) is 9.72 Å². The highest BCUT2D eigenvalue weighted by Gasteiger charge is 2.15. The number of aromatic amines is 1. The maximum atomic E-state index is 11.6. The molecule has 0 bridgehead atoms. The molecule has 0 aliphatic rings. The number of carbonyl (C=O) groups is 2. The third-order valence-corrected chi connectivity index (χ3v) is 2.53. The molecule has 17 heavy (non-hydrogen) atoms. The number of carboxylic acid groups (broad SMARTS) is 1. The molecule has 0 spiro atoms. The number of methoxy groups -OCH3 is 1. The Balaban J connectivity index is 2.63. The van der Waals surface area contributed by atoms with Crippen LogP contribution in [0.1, 0.15) is 15.9 Å². The molecule has 5 heteroatoms. The van der Waals surface area contributed by atoms with Crippen molar-refractivity contribution in [2.45, 2.75) is 6.42 Å². The molecular weight excluding hydrogens is 222 g/mol. The monoisotopic (exact) mass is 233 g/mol. The van der Waals surface area contributed by atoms with Gasteiger partial charge in [-0.2, -0.15) is 0 Å². The highest BCUT2D eigenvalue weighted by Crippen LogP contribution is 2.23. The molecule has 1 aromatic carbocycles. The Labute approximate surface area is 97.0 Å². The minimum Gasteiger partial charge on any atom is -0.481 e. The van der Waals surface area contributed by atoms with Crippen LogP contribution in [0.2, 0.25) is 0 Å². The molecule has 1 aromatic heterocycles. The number of hydrogen-bond acceptors (Lipinski definition) is 3. The molecule has 0 atom stereocenters. The van der Waals surface area contributed by atoms with Gasteiger partial charge in [-0.3, -0.25) is 4.79 Å². The van der Waals surface area contributed by atoms with Crippen LogP contribution in [0.5, 0.6) is 0 Å². The maximum absolute atomic E-state index is 11.6. The van der Waals surface area contributed by atoms with Gasteiger partial charge in [0.15, 0.2) is 0 Å². The summed E-state index contributed by atoms with van der Waals surface area (Å²) >= 11 is 0. The van der Waals surface area contributed by atoms with Gasteiger partial charge in [0.1, 0.15) is 0 Å². The molecule has 2 rings (SSSR count). The Morgan fingerprint density at radius 3 is 2.82 bits per heavy atom. The normalized spacial score (nSPS) is 10.4. The van der Waals surface area contributed by atoms with E-state index in [9.17, 15) is 9.59 Å². The van der Waals surface area contributed by atoms with Gasteiger partial charge in [-0.25, -0.2) is 4.79 Å². The summed E-state index contributed by atoms with van der Waals surface area (Å²) < 4.78 is 4.67. The van der Waals surface area contributed by atoms with Crippen molar-refractivity contribution in [2.75, 3.05) is 7.11 Å². The lowest BCUT2D eigenvalue weighted by Crippen LogP contribution is -2.04. The molecule has 2 N–H and O–H groups in total. The Morgan fingerprint density at radius 2 is 2.18 bits per heavy atom. The molecule has 0 unspecified atom stereocenters. The third-order valence-electron chi connectivity index (χ3n) is 2.53. The zero-order valence-corrected chi connectivity index (χ0v) is 9.19. The molecular formula is C12H11NO4. The highest BCUT2D eigenvalue weighted by molar-refractivity contribution is 6.05. The maximum Gasteiger partial charge on any atom is 0.338 e. The lowest BCUT2D eigenvalue weighted by molar-refractivity contribution is -0.136. The lowest BCUT2D eigenvalue weighted by atomic mass is 10.0. The molecule has 88 valence electrons. The smallest absolute Gasteiger partial charge is 0.338 e. The minimum atomic E-state index is -0.939. The predicted molar refractivity (Wildman–Crippen MR) is 61.0 cm³/mol. The third kappa shape index (κ3) is 1.99. The molecule has 0 fully saturated rings. The van der Waals surface area contributed by atoms with E-state index in [4.69, 9.17) is 5.11 Å². The zero-order valence-electron chi connectivity index (χ0n) is 9.19. The van der Waals surface area contributed by atoms with Crippen molar-refractivity contribution in [2.24, 2.45) is 0 Å². The number of carboxylic acids is 1. The Kier molecular flexibility index (Phi) is 2.82. The summed E-state index contributed by atoms with van der Waals surface area (Å²) in [6, 6.07) is 5.12. The van der Waals surface area contributed by atoms with E-state index >= 15 is 0 Å². The molecule has 0 aliphatic carbocycles. The fourth-order valence-electron chi connectivity index (χ4n) is 1.84. The van der Waals surface area contributed by atoms with Crippen molar-refractivity contribution in [3.8, 4) is 0 Å². The quantitative estimate of drug-likeness (QED) is 0.789. The first-order valence-corrected chi connectivity index (χ1v) is 5.02. The van der Waals surface area contributed by atoms with Crippen molar-refractivity contribution < 1.29 is 19.4 Å². The summed E-state index contributed by atoms with van der Waals surface area (Å²) in [7, 11) is 1.30. The number of rotatable bonds is 3. The van der Waals surface area contributed by atoms with Crippen LogP contribution in [-0.4, -0.2) is 29.1 Å². The molecule has 0 radical (unpaired) electrons. The van der Waals surface area contributed by atoms with Crippen LogP contribution in [0, 0.1) is 0 Å². The molecule has 2 aromatic rings. The van der Waals surface area contributed by atoms with E-state index in [1.807, 2.05) is 0 Å². The molecule has 0 saturated heterocycles. The SMILES string of the molecule is COC(=O)c1cccc2[nH]cc(CC(=O)O)c12. The second-order valence-corrected chi connectivity index (χ2v) is 3.60. The van der Waals surface area contributed by atoms with Crippen molar-refractivity contribution >= 4 is 22.8 Å². The van der Waals surface area contributed by atoms with Gasteiger partial charge in [-0.1, -0.05) is 6.07 Å². The van der Waals surface area contributed by atoms with E-state index in [0.29, 0.717) is 16.5 Å². The number of H-pyrrole nitrogens is 1. The van der Waals surface area contributed by atoms with Gasteiger partial charge in [0.25, 0.3) is 0 Å². The highest BCUT2D eigenvalue weighted by atomic mass is 16.5. The number of aromatic nitrogens is 1. The number of hydrogen-bond donors (Lipinski definition) is 2. The number of nitrogens with one attached hydrogen (secondary N) is 1. The summed E-state index contributed by atoms with van der Waals surface area (Å²) in [5.41, 5.74) is 1.68. The Bertz CT molecular complexity index is 585. The second-order valence-electron chi connectivity index (χ2n) is 3.60. The Hall–Kier alpha value is -2.30. The summed E-state index contributed by atoms with van der Waals surface area (Å²) in [6.07, 6.45) is 1.47. The number of benzene rings is 1. The van der Waals surface area contributed by atoms with Crippen molar-refractivity contribution in [1.29, 1.82) is 0 Å². The average molecular weight is 233 g/mol. The number of aliphatic carboxylic acids is 1. The van der Waals surface area contributed by atoms with Gasteiger partial charge >= 0.3 is 11.9 Å². The topological polar surface area (TPSA) is 79.4 Å². The van der Waals surface area contributed by atoms with Crippen molar-refractivity contribution in [3.05, 3.63) is 35.5 Å². The van der Waals surface area contributed by atoms with Crippen LogP contribution in [0.3, 0.4) is 0 Å². The molecule has 0 amide bonds. The summed E-state index contributed by atoms with van der Waals surface area (Å²) in [6.45, 7) is 0. The minimum absolute atomic E-state index is 0.131. The fourth-order valence-corrected chi connectivity index (χ4v) is 1.84. The van der Waals surface area contributed by atoms with E-state index in [0.717, 1.165) is 5.52 Å². The van der Waals surface area contributed by atoms with E-state index in [1.165, 1.54) is 7.11 Å². The standard InChI is InChI=1S/C12H11NO4/c1-17-12(16)8-3-2-4-9-11(8)7(6-13-9)5-10(14)15/h2-4,6,13H,5H2,1H3,(H,14,15). The molecule has 1 heterocycles. The van der Waals surface area contributed by atoms with E-state index < -0.39 is 11.9 Å². The van der Waals surface area contributed by atoms with Crippen molar-refractivity contribution in [1.82, 2.24) is 4.98 Å². The van der Waals surface area contributed by atoms with Crippen LogP contribution in [-0.2, 0) is 16.0 Å². The van der Waals surface area contributed by atoms with Crippen LogP contribution in [0.15, 0.2) is 24.4 Å². The lowest BCUT2D eigenvalue weighted by Gasteiger charge is -2.03. The molecule has 0 saturated carbocycles.